The topological polar surface area (TPSA) is 107 Å². The predicted molar refractivity (Wildman–Crippen MR) is 64.6 cm³/mol. The fraction of sp³-hybridized carbons (Fsp3) is 0.400. The number of anilines is 1. The highest BCUT2D eigenvalue weighted by Gasteiger charge is 2.04. The number of urea groups is 1. The summed E-state index contributed by atoms with van der Waals surface area (Å²) >= 11 is 0. The number of nitrogens with one attached hydrogen (secondary N) is 2. The van der Waals surface area contributed by atoms with Crippen molar-refractivity contribution >= 4 is 17.8 Å². The minimum absolute atomic E-state index is 0.110. The van der Waals surface area contributed by atoms with Crippen LogP contribution in [0.5, 0.6) is 0 Å². The number of aromatic nitrogens is 2. The number of hydrogen-bond acceptors (Lipinski definition) is 5. The molecule has 8 nitrogen and oxygen atoms in total. The van der Waals surface area contributed by atoms with Crippen LogP contribution >= 0.6 is 0 Å². The lowest BCUT2D eigenvalue weighted by molar-refractivity contribution is 0.0690. The van der Waals surface area contributed by atoms with Crippen LogP contribution in [-0.2, 0) is 0 Å². The molecule has 0 spiro atoms. The molecule has 1 aromatic rings. The molecule has 0 radical (unpaired) electrons. The van der Waals surface area contributed by atoms with E-state index in [4.69, 9.17) is 5.11 Å². The summed E-state index contributed by atoms with van der Waals surface area (Å²) in [7, 11) is 3.30. The molecule has 0 aliphatic rings. The van der Waals surface area contributed by atoms with Gasteiger partial charge >= 0.3 is 12.0 Å². The van der Waals surface area contributed by atoms with Gasteiger partial charge in [0.05, 0.1) is 12.4 Å². The van der Waals surface area contributed by atoms with E-state index >= 15 is 0 Å². The molecule has 1 heterocycles. The van der Waals surface area contributed by atoms with Crippen LogP contribution in [0.2, 0.25) is 0 Å². The van der Waals surface area contributed by atoms with Gasteiger partial charge in [-0.25, -0.2) is 19.6 Å². The second-order valence-corrected chi connectivity index (χ2v) is 3.65. The van der Waals surface area contributed by atoms with Crippen molar-refractivity contribution in [3.63, 3.8) is 0 Å². The lowest BCUT2D eigenvalue weighted by Crippen LogP contribution is -2.37. The maximum atomic E-state index is 11.2. The molecule has 18 heavy (non-hydrogen) atoms. The van der Waals surface area contributed by atoms with Gasteiger partial charge in [-0.05, 0) is 0 Å². The molecule has 0 aliphatic heterocycles. The van der Waals surface area contributed by atoms with Crippen molar-refractivity contribution < 1.29 is 14.7 Å². The molecule has 2 amide bonds. The summed E-state index contributed by atoms with van der Waals surface area (Å²) in [6, 6.07) is -0.177. The summed E-state index contributed by atoms with van der Waals surface area (Å²) in [6.45, 7) is 0.903. The van der Waals surface area contributed by atoms with Crippen molar-refractivity contribution in [3.8, 4) is 0 Å². The van der Waals surface area contributed by atoms with Crippen molar-refractivity contribution in [3.05, 3.63) is 18.1 Å². The number of nitrogens with zero attached hydrogens (tertiary/aromatic N) is 3. The van der Waals surface area contributed by atoms with Crippen LogP contribution in [-0.4, -0.2) is 59.2 Å². The van der Waals surface area contributed by atoms with Gasteiger partial charge in [0.25, 0.3) is 0 Å². The zero-order chi connectivity index (χ0) is 13.5. The van der Waals surface area contributed by atoms with Crippen LogP contribution in [0.4, 0.5) is 10.6 Å². The first-order valence-electron chi connectivity index (χ1n) is 5.25. The first-order chi connectivity index (χ1) is 8.50. The standard InChI is InChI=1S/C10H15N5O3/c1-15(2)10(18)12-4-3-11-8-6-13-7(5-14-8)9(16)17/h5-6H,3-4H2,1-2H3,(H,11,14)(H,12,18)(H,16,17). The van der Waals surface area contributed by atoms with E-state index in [-0.39, 0.29) is 11.7 Å². The summed E-state index contributed by atoms with van der Waals surface area (Å²) in [6.07, 6.45) is 2.50. The minimum atomic E-state index is -1.12. The third-order valence-corrected chi connectivity index (χ3v) is 1.98. The van der Waals surface area contributed by atoms with Crippen molar-refractivity contribution in [1.29, 1.82) is 0 Å². The van der Waals surface area contributed by atoms with E-state index in [1.54, 1.807) is 14.1 Å². The fourth-order valence-corrected chi connectivity index (χ4v) is 1.05. The average molecular weight is 253 g/mol. The Kier molecular flexibility index (Phi) is 4.85. The molecule has 0 saturated carbocycles. The summed E-state index contributed by atoms with van der Waals surface area (Å²) in [5.74, 6) is -0.661. The molecule has 0 saturated heterocycles. The fourth-order valence-electron chi connectivity index (χ4n) is 1.05. The quantitative estimate of drug-likeness (QED) is 0.630. The molecule has 0 bridgehead atoms. The lowest BCUT2D eigenvalue weighted by atomic mass is 10.4. The van der Waals surface area contributed by atoms with E-state index in [2.05, 4.69) is 20.6 Å². The van der Waals surface area contributed by atoms with E-state index in [9.17, 15) is 9.59 Å². The molecule has 0 aliphatic carbocycles. The van der Waals surface area contributed by atoms with Crippen molar-refractivity contribution in [2.24, 2.45) is 0 Å². The highest BCUT2D eigenvalue weighted by molar-refractivity contribution is 5.84. The predicted octanol–water partition coefficient (Wildman–Crippen LogP) is -0.142. The van der Waals surface area contributed by atoms with Crippen LogP contribution < -0.4 is 10.6 Å². The molecular weight excluding hydrogens is 238 g/mol. The largest absolute Gasteiger partial charge is 0.476 e. The molecule has 0 fully saturated rings. The van der Waals surface area contributed by atoms with Crippen LogP contribution in [0, 0.1) is 0 Å². The van der Waals surface area contributed by atoms with Crippen molar-refractivity contribution in [1.82, 2.24) is 20.2 Å². The van der Waals surface area contributed by atoms with Gasteiger partial charge in [-0.2, -0.15) is 0 Å². The Morgan fingerprint density at radius 3 is 2.50 bits per heavy atom. The Bertz CT molecular complexity index is 418. The summed E-state index contributed by atoms with van der Waals surface area (Å²) < 4.78 is 0. The Morgan fingerprint density at radius 2 is 2.00 bits per heavy atom. The first kappa shape index (κ1) is 13.7. The molecular formula is C10H15N5O3. The van der Waals surface area contributed by atoms with Gasteiger partial charge < -0.3 is 20.6 Å². The molecule has 0 aromatic carbocycles. The van der Waals surface area contributed by atoms with Crippen LogP contribution in [0.15, 0.2) is 12.4 Å². The SMILES string of the molecule is CN(C)C(=O)NCCNc1cnc(C(=O)O)cn1. The number of hydrogen-bond donors (Lipinski definition) is 3. The Labute approximate surface area is 104 Å². The number of carboxylic acids is 1. The summed E-state index contributed by atoms with van der Waals surface area (Å²) in [5.41, 5.74) is -0.110. The number of carbonyl (C=O) groups excluding carboxylic acids is 1. The van der Waals surface area contributed by atoms with Crippen LogP contribution in [0.3, 0.4) is 0 Å². The second kappa shape index (κ2) is 6.38. The van der Waals surface area contributed by atoms with Crippen molar-refractivity contribution in [2.75, 3.05) is 32.5 Å². The molecule has 0 unspecified atom stereocenters. The lowest BCUT2D eigenvalue weighted by Gasteiger charge is -2.12. The van der Waals surface area contributed by atoms with E-state index in [1.807, 2.05) is 0 Å². The van der Waals surface area contributed by atoms with Crippen LogP contribution in [0.1, 0.15) is 10.5 Å². The van der Waals surface area contributed by atoms with Gasteiger partial charge in [0.15, 0.2) is 5.69 Å². The third kappa shape index (κ3) is 4.24. The van der Waals surface area contributed by atoms with Gasteiger partial charge in [-0.15, -0.1) is 0 Å². The molecule has 1 aromatic heterocycles. The maximum absolute atomic E-state index is 11.2. The second-order valence-electron chi connectivity index (χ2n) is 3.65. The zero-order valence-corrected chi connectivity index (χ0v) is 10.2. The summed E-state index contributed by atoms with van der Waals surface area (Å²) in [5, 5.41) is 14.2. The van der Waals surface area contributed by atoms with Gasteiger partial charge in [-0.1, -0.05) is 0 Å². The number of carboxylic acid groups (broad SMARTS) is 1. The number of amides is 2. The monoisotopic (exact) mass is 253 g/mol. The Morgan fingerprint density at radius 1 is 1.28 bits per heavy atom. The Hall–Kier alpha value is -2.38. The maximum Gasteiger partial charge on any atom is 0.356 e. The van der Waals surface area contributed by atoms with E-state index in [0.717, 1.165) is 0 Å². The highest BCUT2D eigenvalue weighted by atomic mass is 16.4. The van der Waals surface area contributed by atoms with E-state index in [1.165, 1.54) is 17.3 Å². The Balaban J connectivity index is 2.31. The number of rotatable bonds is 5. The van der Waals surface area contributed by atoms with Crippen molar-refractivity contribution in [2.45, 2.75) is 0 Å². The van der Waals surface area contributed by atoms with Gasteiger partial charge in [0, 0.05) is 27.2 Å². The summed E-state index contributed by atoms with van der Waals surface area (Å²) in [4.78, 5) is 30.7. The van der Waals surface area contributed by atoms with Gasteiger partial charge in [0.2, 0.25) is 0 Å². The van der Waals surface area contributed by atoms with E-state index in [0.29, 0.717) is 18.9 Å². The minimum Gasteiger partial charge on any atom is -0.476 e. The molecule has 98 valence electrons. The molecule has 0 atom stereocenters. The first-order valence-corrected chi connectivity index (χ1v) is 5.25. The van der Waals surface area contributed by atoms with Gasteiger partial charge in [0.1, 0.15) is 5.82 Å². The third-order valence-electron chi connectivity index (χ3n) is 1.98. The normalized spacial score (nSPS) is 9.67. The number of aromatic carboxylic acids is 1. The smallest absolute Gasteiger partial charge is 0.356 e. The van der Waals surface area contributed by atoms with Crippen LogP contribution in [0.25, 0.3) is 0 Å². The van der Waals surface area contributed by atoms with Gasteiger partial charge in [-0.3, -0.25) is 0 Å². The molecule has 1 rings (SSSR count). The average Bonchev–Trinajstić information content (AvgIpc) is 2.34. The molecule has 3 N–H and O–H groups in total. The zero-order valence-electron chi connectivity index (χ0n) is 10.2. The highest BCUT2D eigenvalue weighted by Crippen LogP contribution is 1.99. The molecule has 8 heteroatoms. The van der Waals surface area contributed by atoms with E-state index < -0.39 is 5.97 Å². The number of carbonyl (C=O) groups is 2.